The van der Waals surface area contributed by atoms with Crippen molar-refractivity contribution in [2.75, 3.05) is 5.75 Å². The van der Waals surface area contributed by atoms with E-state index in [9.17, 15) is 4.21 Å². The third-order valence-electron chi connectivity index (χ3n) is 3.66. The smallest absolute Gasteiger partial charge is 0.0926 e. The van der Waals surface area contributed by atoms with Crippen LogP contribution in [0.1, 0.15) is 38.1 Å². The SMILES string of the molecule is CC(C)(C)[S@@](=O)C[C@@H](c1ccc(Br)cn1)c1cn(C[Si](C)(C)C)nn1. The van der Waals surface area contributed by atoms with Gasteiger partial charge >= 0.3 is 0 Å². The normalized spacial score (nSPS) is 15.2. The van der Waals surface area contributed by atoms with Crippen LogP contribution in [0, 0.1) is 0 Å². The van der Waals surface area contributed by atoms with Gasteiger partial charge in [0.25, 0.3) is 0 Å². The first-order valence-corrected chi connectivity index (χ1v) is 14.2. The van der Waals surface area contributed by atoms with Crippen molar-refractivity contribution in [3.8, 4) is 0 Å². The van der Waals surface area contributed by atoms with Crippen molar-refractivity contribution in [1.82, 2.24) is 20.0 Å². The highest BCUT2D eigenvalue weighted by Gasteiger charge is 2.28. The molecule has 0 saturated carbocycles. The molecule has 0 bridgehead atoms. The van der Waals surface area contributed by atoms with Gasteiger partial charge in [0.1, 0.15) is 0 Å². The Balaban J connectivity index is 2.34. The number of halogens is 1. The molecule has 2 heterocycles. The molecular weight excluding hydrogens is 416 g/mol. The van der Waals surface area contributed by atoms with E-state index in [0.717, 1.165) is 22.0 Å². The van der Waals surface area contributed by atoms with Crippen molar-refractivity contribution >= 4 is 34.8 Å². The fraction of sp³-hybridized carbons (Fsp3) is 0.588. The zero-order valence-electron chi connectivity index (χ0n) is 15.8. The molecule has 0 aliphatic carbocycles. The standard InChI is InChI=1S/C17H27BrN4OSSi/c1-17(2,3)24(23)11-14(15-8-7-13(18)9-19-15)16-10-22(21-20-16)12-25(4,5)6/h7-10,14H,11-12H2,1-6H3/t14-,24-/m0/s1. The third kappa shape index (κ3) is 6.11. The molecule has 0 aromatic carbocycles. The van der Waals surface area contributed by atoms with Gasteiger partial charge in [-0.2, -0.15) is 0 Å². The number of rotatable bonds is 6. The Hall–Kier alpha value is -0.863. The highest BCUT2D eigenvalue weighted by Crippen LogP contribution is 2.26. The number of pyridine rings is 1. The van der Waals surface area contributed by atoms with Crippen LogP contribution in [0.5, 0.6) is 0 Å². The van der Waals surface area contributed by atoms with Crippen molar-refractivity contribution in [3.63, 3.8) is 0 Å². The first kappa shape index (κ1) is 20.4. The summed E-state index contributed by atoms with van der Waals surface area (Å²) in [6, 6.07) is 3.92. The van der Waals surface area contributed by atoms with E-state index < -0.39 is 18.9 Å². The molecule has 0 spiro atoms. The van der Waals surface area contributed by atoms with Crippen molar-refractivity contribution in [2.45, 2.75) is 57.2 Å². The summed E-state index contributed by atoms with van der Waals surface area (Å²) in [5.41, 5.74) is 1.71. The summed E-state index contributed by atoms with van der Waals surface area (Å²) >= 11 is 3.42. The highest BCUT2D eigenvalue weighted by molar-refractivity contribution is 9.10. The van der Waals surface area contributed by atoms with E-state index in [1.165, 1.54) is 0 Å². The minimum Gasteiger partial charge on any atom is -0.259 e. The number of hydrogen-bond acceptors (Lipinski definition) is 4. The molecule has 0 N–H and O–H groups in total. The average molecular weight is 443 g/mol. The second-order valence-electron chi connectivity index (χ2n) is 8.48. The van der Waals surface area contributed by atoms with E-state index in [1.54, 1.807) is 6.20 Å². The zero-order valence-corrected chi connectivity index (χ0v) is 19.2. The topological polar surface area (TPSA) is 60.7 Å². The van der Waals surface area contributed by atoms with Crippen LogP contribution >= 0.6 is 15.9 Å². The summed E-state index contributed by atoms with van der Waals surface area (Å²) in [6.45, 7) is 12.9. The van der Waals surface area contributed by atoms with Gasteiger partial charge in [0.05, 0.1) is 25.4 Å². The predicted octanol–water partition coefficient (Wildman–Crippen LogP) is 3.99. The molecule has 0 amide bonds. The molecule has 2 rings (SSSR count). The van der Waals surface area contributed by atoms with Crippen LogP contribution in [0.15, 0.2) is 29.0 Å². The number of aromatic nitrogens is 4. The average Bonchev–Trinajstić information content (AvgIpc) is 2.90. The van der Waals surface area contributed by atoms with Crippen LogP contribution < -0.4 is 0 Å². The molecular formula is C17H27BrN4OSSi. The van der Waals surface area contributed by atoms with Gasteiger partial charge in [-0.05, 0) is 48.8 Å². The van der Waals surface area contributed by atoms with Crippen molar-refractivity contribution in [3.05, 3.63) is 40.4 Å². The summed E-state index contributed by atoms with van der Waals surface area (Å²) in [5, 5.41) is 8.68. The van der Waals surface area contributed by atoms with Crippen LogP contribution in [0.4, 0.5) is 0 Å². The van der Waals surface area contributed by atoms with Crippen LogP contribution in [0.3, 0.4) is 0 Å². The summed E-state index contributed by atoms with van der Waals surface area (Å²) in [4.78, 5) is 4.52. The van der Waals surface area contributed by atoms with Gasteiger partial charge in [-0.3, -0.25) is 13.9 Å². The summed E-state index contributed by atoms with van der Waals surface area (Å²) in [7, 11) is -2.29. The Morgan fingerprint density at radius 1 is 1.24 bits per heavy atom. The maximum Gasteiger partial charge on any atom is 0.0926 e. The fourth-order valence-corrected chi connectivity index (χ4v) is 4.86. The molecule has 8 heteroatoms. The zero-order chi connectivity index (χ0) is 18.8. The Kier molecular flexibility index (Phi) is 6.38. The molecule has 2 aromatic heterocycles. The van der Waals surface area contributed by atoms with Crippen molar-refractivity contribution in [2.24, 2.45) is 0 Å². The van der Waals surface area contributed by atoms with Gasteiger partial charge < -0.3 is 0 Å². The number of nitrogens with zero attached hydrogens (tertiary/aromatic N) is 4. The minimum absolute atomic E-state index is 0.122. The Labute approximate surface area is 162 Å². The van der Waals surface area contributed by atoms with Crippen LogP contribution in [0.2, 0.25) is 19.6 Å². The van der Waals surface area contributed by atoms with Gasteiger partial charge in [0.15, 0.2) is 0 Å². The molecule has 2 aromatic rings. The number of hydrogen-bond donors (Lipinski definition) is 0. The van der Waals surface area contributed by atoms with E-state index in [0.29, 0.717) is 5.75 Å². The molecule has 2 atom stereocenters. The molecule has 25 heavy (non-hydrogen) atoms. The first-order valence-electron chi connectivity index (χ1n) is 8.36. The second kappa shape index (κ2) is 7.80. The van der Waals surface area contributed by atoms with E-state index in [1.807, 2.05) is 43.8 Å². The lowest BCUT2D eigenvalue weighted by atomic mass is 10.0. The lowest BCUT2D eigenvalue weighted by Gasteiger charge is -2.21. The molecule has 0 unspecified atom stereocenters. The highest BCUT2D eigenvalue weighted by atomic mass is 79.9. The van der Waals surface area contributed by atoms with Gasteiger partial charge in [-0.15, -0.1) is 5.10 Å². The van der Waals surface area contributed by atoms with Gasteiger partial charge in [-0.1, -0.05) is 24.9 Å². The van der Waals surface area contributed by atoms with Crippen LogP contribution in [-0.2, 0) is 17.0 Å². The summed E-state index contributed by atoms with van der Waals surface area (Å²) in [6.07, 6.45) is 4.68. The lowest BCUT2D eigenvalue weighted by Crippen LogP contribution is -2.28. The van der Waals surface area contributed by atoms with Crippen LogP contribution in [-0.4, -0.2) is 42.8 Å². The van der Waals surface area contributed by atoms with E-state index in [-0.39, 0.29) is 10.7 Å². The van der Waals surface area contributed by atoms with Gasteiger partial charge in [0, 0.05) is 44.3 Å². The van der Waals surface area contributed by atoms with Gasteiger partial charge in [0.2, 0.25) is 0 Å². The largest absolute Gasteiger partial charge is 0.259 e. The molecule has 0 aliphatic rings. The third-order valence-corrected chi connectivity index (χ3v) is 7.40. The Bertz CT molecular complexity index is 734. The van der Waals surface area contributed by atoms with Gasteiger partial charge in [-0.25, -0.2) is 0 Å². The molecule has 0 radical (unpaired) electrons. The lowest BCUT2D eigenvalue weighted by molar-refractivity contribution is 0.642. The predicted molar refractivity (Wildman–Crippen MR) is 110 cm³/mol. The minimum atomic E-state index is -1.29. The Morgan fingerprint density at radius 2 is 1.92 bits per heavy atom. The summed E-state index contributed by atoms with van der Waals surface area (Å²) in [5.74, 6) is 0.368. The molecule has 0 saturated heterocycles. The van der Waals surface area contributed by atoms with E-state index in [4.69, 9.17) is 0 Å². The Morgan fingerprint density at radius 3 is 2.44 bits per heavy atom. The molecule has 0 fully saturated rings. The van der Waals surface area contributed by atoms with Crippen molar-refractivity contribution in [1.29, 1.82) is 0 Å². The van der Waals surface area contributed by atoms with Crippen molar-refractivity contribution < 1.29 is 4.21 Å². The fourth-order valence-electron chi connectivity index (χ4n) is 2.35. The van der Waals surface area contributed by atoms with Crippen LogP contribution in [0.25, 0.3) is 0 Å². The van der Waals surface area contributed by atoms with E-state index in [2.05, 4.69) is 50.9 Å². The summed E-state index contributed by atoms with van der Waals surface area (Å²) < 4.78 is 15.3. The maximum absolute atomic E-state index is 12.8. The molecule has 5 nitrogen and oxygen atoms in total. The maximum atomic E-state index is 12.8. The monoisotopic (exact) mass is 442 g/mol. The first-order chi connectivity index (χ1) is 11.5. The van der Waals surface area contributed by atoms with E-state index >= 15 is 0 Å². The quantitative estimate of drug-likeness (QED) is 0.634. The second-order valence-corrected chi connectivity index (χ2v) is 17.1. The molecule has 138 valence electrons. The molecule has 0 aliphatic heterocycles.